The van der Waals surface area contributed by atoms with E-state index in [-0.39, 0.29) is 17.8 Å². The summed E-state index contributed by atoms with van der Waals surface area (Å²) in [6.07, 6.45) is 0. The summed E-state index contributed by atoms with van der Waals surface area (Å²) in [5.41, 5.74) is 0.971. The average Bonchev–Trinajstić information content (AvgIpc) is 2.53. The Kier molecular flexibility index (Phi) is 3.97. The molecule has 0 bridgehead atoms. The number of methoxy groups -OCH3 is 1. The molecule has 4 nitrogen and oxygen atoms in total. The Bertz CT molecular complexity index is 922. The number of halogens is 2. The van der Waals surface area contributed by atoms with Gasteiger partial charge in [0.25, 0.3) is 5.56 Å². The molecule has 0 aliphatic carbocycles. The highest BCUT2D eigenvalue weighted by atomic mass is 19.1. The van der Waals surface area contributed by atoms with Gasteiger partial charge in [0, 0.05) is 24.2 Å². The van der Waals surface area contributed by atoms with E-state index in [1.165, 1.54) is 6.07 Å². The normalized spacial score (nSPS) is 10.7. The van der Waals surface area contributed by atoms with Crippen LogP contribution in [0.2, 0.25) is 0 Å². The summed E-state index contributed by atoms with van der Waals surface area (Å²) in [4.78, 5) is 14.9. The van der Waals surface area contributed by atoms with Crippen molar-refractivity contribution in [1.29, 1.82) is 0 Å². The highest BCUT2D eigenvalue weighted by Gasteiger charge is 2.07. The predicted molar refractivity (Wildman–Crippen MR) is 84.8 cm³/mol. The Morgan fingerprint density at radius 1 is 1.13 bits per heavy atom. The molecule has 1 aromatic heterocycles. The van der Waals surface area contributed by atoms with E-state index in [4.69, 9.17) is 4.74 Å². The third-order valence-corrected chi connectivity index (χ3v) is 3.53. The van der Waals surface area contributed by atoms with Gasteiger partial charge in [-0.25, -0.2) is 8.78 Å². The molecule has 6 heteroatoms. The highest BCUT2D eigenvalue weighted by Crippen LogP contribution is 2.19. The fourth-order valence-electron chi connectivity index (χ4n) is 2.31. The third-order valence-electron chi connectivity index (χ3n) is 3.53. The minimum atomic E-state index is -0.702. The first-order chi connectivity index (χ1) is 11.1. The van der Waals surface area contributed by atoms with Crippen LogP contribution in [0.5, 0.6) is 5.75 Å². The summed E-state index contributed by atoms with van der Waals surface area (Å²) in [6, 6.07) is 10.3. The van der Waals surface area contributed by atoms with E-state index in [0.717, 1.165) is 17.5 Å². The first-order valence-electron chi connectivity index (χ1n) is 6.95. The molecule has 1 heterocycles. The number of H-pyrrole nitrogens is 1. The zero-order chi connectivity index (χ0) is 16.4. The summed E-state index contributed by atoms with van der Waals surface area (Å²) in [5.74, 6) is -0.704. The lowest BCUT2D eigenvalue weighted by molar-refractivity contribution is 0.415. The molecule has 0 saturated carbocycles. The van der Waals surface area contributed by atoms with E-state index in [0.29, 0.717) is 16.8 Å². The van der Waals surface area contributed by atoms with Gasteiger partial charge >= 0.3 is 0 Å². The zero-order valence-electron chi connectivity index (χ0n) is 12.3. The maximum absolute atomic E-state index is 13.6. The van der Waals surface area contributed by atoms with Crippen LogP contribution in [0.25, 0.3) is 10.9 Å². The van der Waals surface area contributed by atoms with Crippen LogP contribution in [0, 0.1) is 11.6 Å². The van der Waals surface area contributed by atoms with Crippen LogP contribution in [0.15, 0.2) is 47.3 Å². The number of nitrogens with one attached hydrogen (secondary N) is 2. The van der Waals surface area contributed by atoms with Gasteiger partial charge in [0.1, 0.15) is 17.4 Å². The number of benzene rings is 2. The van der Waals surface area contributed by atoms with Gasteiger partial charge in [0.05, 0.1) is 18.3 Å². The molecule has 0 spiro atoms. The molecular weight excluding hydrogens is 302 g/mol. The van der Waals surface area contributed by atoms with Crippen molar-refractivity contribution in [3.63, 3.8) is 0 Å². The molecule has 0 saturated heterocycles. The first kappa shape index (κ1) is 15.0. The molecule has 2 N–H and O–H groups in total. The minimum absolute atomic E-state index is 0.125. The summed E-state index contributed by atoms with van der Waals surface area (Å²) >= 11 is 0. The zero-order valence-corrected chi connectivity index (χ0v) is 12.3. The van der Waals surface area contributed by atoms with Crippen LogP contribution in [0.1, 0.15) is 5.56 Å². The number of fused-ring (bicyclic) bond motifs is 1. The minimum Gasteiger partial charge on any atom is -0.497 e. The molecule has 0 amide bonds. The number of rotatable bonds is 4. The lowest BCUT2D eigenvalue weighted by atomic mass is 10.1. The second-order valence-corrected chi connectivity index (χ2v) is 5.05. The number of ether oxygens (including phenoxy) is 1. The van der Waals surface area contributed by atoms with E-state index in [1.54, 1.807) is 25.3 Å². The second kappa shape index (κ2) is 6.08. The quantitative estimate of drug-likeness (QED) is 0.775. The largest absolute Gasteiger partial charge is 0.497 e. The van der Waals surface area contributed by atoms with Crippen molar-refractivity contribution in [1.82, 2.24) is 4.98 Å². The average molecular weight is 316 g/mol. The van der Waals surface area contributed by atoms with E-state index >= 15 is 0 Å². The third kappa shape index (κ3) is 3.15. The van der Waals surface area contributed by atoms with Crippen LogP contribution in [0.3, 0.4) is 0 Å². The van der Waals surface area contributed by atoms with Crippen LogP contribution >= 0.6 is 0 Å². The summed E-state index contributed by atoms with van der Waals surface area (Å²) in [7, 11) is 1.55. The van der Waals surface area contributed by atoms with E-state index < -0.39 is 11.6 Å². The number of aromatic amines is 1. The maximum atomic E-state index is 13.6. The highest BCUT2D eigenvalue weighted by molar-refractivity contribution is 5.80. The molecule has 0 atom stereocenters. The van der Waals surface area contributed by atoms with Crippen molar-refractivity contribution in [2.24, 2.45) is 0 Å². The molecule has 0 unspecified atom stereocenters. The molecule has 23 heavy (non-hydrogen) atoms. The Hall–Kier alpha value is -2.89. The Morgan fingerprint density at radius 3 is 2.70 bits per heavy atom. The van der Waals surface area contributed by atoms with Gasteiger partial charge in [0.15, 0.2) is 0 Å². The SMILES string of the molecule is COc1ccc2cc(CNc3ccc(F)cc3F)c(=O)[nH]c2c1. The summed E-state index contributed by atoms with van der Waals surface area (Å²) < 4.78 is 31.6. The number of aromatic nitrogens is 1. The van der Waals surface area contributed by atoms with Crippen molar-refractivity contribution in [2.45, 2.75) is 6.54 Å². The molecule has 3 aromatic rings. The van der Waals surface area contributed by atoms with Crippen molar-refractivity contribution >= 4 is 16.6 Å². The van der Waals surface area contributed by atoms with Crippen LogP contribution in [-0.2, 0) is 6.54 Å². The predicted octanol–water partition coefficient (Wildman–Crippen LogP) is 3.43. The van der Waals surface area contributed by atoms with Gasteiger partial charge in [-0.3, -0.25) is 4.79 Å². The van der Waals surface area contributed by atoms with E-state index in [1.807, 2.05) is 6.07 Å². The first-order valence-corrected chi connectivity index (χ1v) is 6.95. The van der Waals surface area contributed by atoms with Crippen LogP contribution in [0.4, 0.5) is 14.5 Å². The van der Waals surface area contributed by atoms with Gasteiger partial charge in [-0.2, -0.15) is 0 Å². The van der Waals surface area contributed by atoms with Crippen molar-refractivity contribution < 1.29 is 13.5 Å². The van der Waals surface area contributed by atoms with Crippen molar-refractivity contribution in [2.75, 3.05) is 12.4 Å². The molecule has 0 aliphatic rings. The molecule has 0 aliphatic heterocycles. The number of hydrogen-bond donors (Lipinski definition) is 2. The van der Waals surface area contributed by atoms with Gasteiger partial charge in [-0.05, 0) is 35.7 Å². The lowest BCUT2D eigenvalue weighted by Gasteiger charge is -2.09. The molecule has 2 aromatic carbocycles. The topological polar surface area (TPSA) is 54.1 Å². The van der Waals surface area contributed by atoms with Crippen LogP contribution < -0.4 is 15.6 Å². The van der Waals surface area contributed by atoms with Gasteiger partial charge in [0.2, 0.25) is 0 Å². The number of anilines is 1. The molecule has 118 valence electrons. The smallest absolute Gasteiger partial charge is 0.253 e. The summed E-state index contributed by atoms with van der Waals surface area (Å²) in [5, 5.41) is 3.63. The van der Waals surface area contributed by atoms with Gasteiger partial charge in [-0.15, -0.1) is 0 Å². The van der Waals surface area contributed by atoms with Gasteiger partial charge in [-0.1, -0.05) is 0 Å². The second-order valence-electron chi connectivity index (χ2n) is 5.05. The van der Waals surface area contributed by atoms with Crippen molar-refractivity contribution in [3.8, 4) is 5.75 Å². The van der Waals surface area contributed by atoms with E-state index in [2.05, 4.69) is 10.3 Å². The van der Waals surface area contributed by atoms with Crippen LogP contribution in [-0.4, -0.2) is 12.1 Å². The number of pyridine rings is 1. The fraction of sp³-hybridized carbons (Fsp3) is 0.118. The Morgan fingerprint density at radius 2 is 1.96 bits per heavy atom. The van der Waals surface area contributed by atoms with Crippen molar-refractivity contribution in [3.05, 3.63) is 70.0 Å². The number of hydrogen-bond acceptors (Lipinski definition) is 3. The fourth-order valence-corrected chi connectivity index (χ4v) is 2.31. The molecule has 0 radical (unpaired) electrons. The Balaban J connectivity index is 1.88. The van der Waals surface area contributed by atoms with E-state index in [9.17, 15) is 13.6 Å². The molecule has 0 fully saturated rings. The maximum Gasteiger partial charge on any atom is 0.253 e. The molecule has 3 rings (SSSR count). The summed E-state index contributed by atoms with van der Waals surface area (Å²) in [6.45, 7) is 0.125. The van der Waals surface area contributed by atoms with Gasteiger partial charge < -0.3 is 15.0 Å². The Labute approximate surface area is 130 Å². The molecular formula is C17H14F2N2O2. The monoisotopic (exact) mass is 316 g/mol. The lowest BCUT2D eigenvalue weighted by Crippen LogP contribution is -2.16. The standard InChI is InChI=1S/C17H14F2N2O2/c1-23-13-4-2-10-6-11(17(22)21-16(10)8-13)9-20-15-5-3-12(18)7-14(15)19/h2-8,20H,9H2,1H3,(H,21,22).